The fourth-order valence-corrected chi connectivity index (χ4v) is 1.33. The Hall–Kier alpha value is -2.70. The monoisotopic (exact) mass is 277 g/mol. The van der Waals surface area contributed by atoms with Crippen LogP contribution in [-0.4, -0.2) is 34.8 Å². The van der Waals surface area contributed by atoms with E-state index in [4.69, 9.17) is 10.5 Å². The first-order valence-corrected chi connectivity index (χ1v) is 5.83. The Labute approximate surface area is 115 Å². The number of ether oxygens (including phenoxy) is 1. The van der Waals surface area contributed by atoms with Crippen molar-refractivity contribution in [3.05, 3.63) is 35.2 Å². The zero-order chi connectivity index (χ0) is 15.1. The smallest absolute Gasteiger partial charge is 0.341 e. The topological polar surface area (TPSA) is 115 Å². The maximum absolute atomic E-state index is 11.7. The minimum Gasteiger partial charge on any atom is -0.512 e. The van der Waals surface area contributed by atoms with E-state index in [0.717, 1.165) is 6.21 Å². The highest BCUT2D eigenvalue weighted by Crippen LogP contribution is 2.16. The summed E-state index contributed by atoms with van der Waals surface area (Å²) in [4.78, 5) is 30.6. The first-order valence-electron chi connectivity index (χ1n) is 5.83. The molecule has 1 heterocycles. The Bertz CT molecular complexity index is 575. The summed E-state index contributed by atoms with van der Waals surface area (Å²) < 4.78 is 4.86. The lowest BCUT2D eigenvalue weighted by Crippen LogP contribution is -2.16. The van der Waals surface area contributed by atoms with Gasteiger partial charge in [-0.05, 0) is 26.0 Å². The van der Waals surface area contributed by atoms with E-state index in [1.807, 2.05) is 0 Å². The van der Waals surface area contributed by atoms with Gasteiger partial charge in [0.2, 0.25) is 0 Å². The Morgan fingerprint density at radius 2 is 2.25 bits per heavy atom. The van der Waals surface area contributed by atoms with Crippen LogP contribution in [0.5, 0.6) is 0 Å². The Balaban J connectivity index is 3.13. The Kier molecular flexibility index (Phi) is 5.40. The number of aliphatic hydroxyl groups is 1. The third-order valence-corrected chi connectivity index (χ3v) is 2.25. The minimum atomic E-state index is -0.831. The van der Waals surface area contributed by atoms with Crippen LogP contribution >= 0.6 is 0 Å². The third-order valence-electron chi connectivity index (χ3n) is 2.25. The number of nitrogens with two attached hydrogens (primary N) is 1. The fraction of sp³-hybridized carbons (Fsp3) is 0.231. The SMILES string of the molecule is CCOC(=O)c1cccnc1/N=C/C(C(N)=O)=C(\C)O. The van der Waals surface area contributed by atoms with E-state index in [1.165, 1.54) is 19.2 Å². The number of hydrogen-bond donors (Lipinski definition) is 2. The van der Waals surface area contributed by atoms with Crippen molar-refractivity contribution in [2.75, 3.05) is 6.61 Å². The standard InChI is InChI=1S/C13H15N3O4/c1-3-20-13(19)9-5-4-6-15-12(9)16-7-10(8(2)17)11(14)18/h4-7,17H,3H2,1-2H3,(H2,14,18)/b10-8-,16-7+. The predicted octanol–water partition coefficient (Wildman–Crippen LogP) is 1.28. The Morgan fingerprint density at radius 3 is 2.80 bits per heavy atom. The summed E-state index contributed by atoms with van der Waals surface area (Å²) in [6, 6.07) is 3.06. The molecule has 0 aromatic carbocycles. The van der Waals surface area contributed by atoms with Gasteiger partial charge >= 0.3 is 5.97 Å². The second-order valence-electron chi connectivity index (χ2n) is 3.72. The van der Waals surface area contributed by atoms with Crippen LogP contribution in [0.4, 0.5) is 5.82 Å². The minimum absolute atomic E-state index is 0.0750. The van der Waals surface area contributed by atoms with Gasteiger partial charge in [-0.2, -0.15) is 0 Å². The third kappa shape index (κ3) is 3.91. The average molecular weight is 277 g/mol. The van der Waals surface area contributed by atoms with E-state index in [1.54, 1.807) is 13.0 Å². The van der Waals surface area contributed by atoms with Crippen molar-refractivity contribution in [2.24, 2.45) is 10.7 Å². The lowest BCUT2D eigenvalue weighted by atomic mass is 10.2. The molecular formula is C13H15N3O4. The molecule has 1 amide bonds. The van der Waals surface area contributed by atoms with Crippen LogP contribution in [0.25, 0.3) is 0 Å². The number of esters is 1. The zero-order valence-electron chi connectivity index (χ0n) is 11.2. The van der Waals surface area contributed by atoms with Crippen molar-refractivity contribution in [1.29, 1.82) is 0 Å². The van der Waals surface area contributed by atoms with Crippen molar-refractivity contribution in [3.8, 4) is 0 Å². The molecule has 0 unspecified atom stereocenters. The molecule has 3 N–H and O–H groups in total. The van der Waals surface area contributed by atoms with Gasteiger partial charge in [0.1, 0.15) is 11.3 Å². The van der Waals surface area contributed by atoms with Crippen molar-refractivity contribution < 1.29 is 19.4 Å². The van der Waals surface area contributed by atoms with Crippen LogP contribution in [0.1, 0.15) is 24.2 Å². The number of amides is 1. The first-order chi connectivity index (χ1) is 9.47. The number of allylic oxidation sites excluding steroid dienone is 1. The summed E-state index contributed by atoms with van der Waals surface area (Å²) in [6.45, 7) is 3.20. The van der Waals surface area contributed by atoms with E-state index in [-0.39, 0.29) is 29.3 Å². The van der Waals surface area contributed by atoms with Crippen LogP contribution in [0.15, 0.2) is 34.7 Å². The van der Waals surface area contributed by atoms with E-state index in [2.05, 4.69) is 9.98 Å². The normalized spacial score (nSPS) is 12.1. The summed E-state index contributed by atoms with van der Waals surface area (Å²) in [5.74, 6) is -1.60. The molecular weight excluding hydrogens is 262 g/mol. The van der Waals surface area contributed by atoms with Gasteiger partial charge < -0.3 is 15.6 Å². The molecule has 0 atom stereocenters. The molecule has 7 heteroatoms. The highest BCUT2D eigenvalue weighted by molar-refractivity contribution is 6.12. The highest BCUT2D eigenvalue weighted by atomic mass is 16.5. The second-order valence-corrected chi connectivity index (χ2v) is 3.72. The van der Waals surface area contributed by atoms with Crippen LogP contribution in [0.2, 0.25) is 0 Å². The molecule has 1 aromatic heterocycles. The van der Waals surface area contributed by atoms with E-state index < -0.39 is 11.9 Å². The van der Waals surface area contributed by atoms with E-state index >= 15 is 0 Å². The van der Waals surface area contributed by atoms with Gasteiger partial charge in [-0.25, -0.2) is 14.8 Å². The molecule has 7 nitrogen and oxygen atoms in total. The first kappa shape index (κ1) is 15.4. The number of carbonyl (C=O) groups is 2. The number of rotatable bonds is 5. The largest absolute Gasteiger partial charge is 0.512 e. The number of aliphatic hydroxyl groups excluding tert-OH is 1. The summed E-state index contributed by atoms with van der Waals surface area (Å²) in [5.41, 5.74) is 5.08. The van der Waals surface area contributed by atoms with Crippen molar-refractivity contribution in [1.82, 2.24) is 4.98 Å². The van der Waals surface area contributed by atoms with Gasteiger partial charge in [0.15, 0.2) is 5.82 Å². The van der Waals surface area contributed by atoms with Crippen molar-refractivity contribution in [3.63, 3.8) is 0 Å². The van der Waals surface area contributed by atoms with Gasteiger partial charge in [-0.15, -0.1) is 0 Å². The molecule has 1 aromatic rings. The second kappa shape index (κ2) is 7.03. The van der Waals surface area contributed by atoms with Gasteiger partial charge in [-0.3, -0.25) is 4.79 Å². The molecule has 0 aliphatic rings. The molecule has 0 aliphatic carbocycles. The van der Waals surface area contributed by atoms with Gasteiger partial charge in [0.25, 0.3) is 5.91 Å². The quantitative estimate of drug-likeness (QED) is 0.364. The van der Waals surface area contributed by atoms with E-state index in [0.29, 0.717) is 0 Å². The van der Waals surface area contributed by atoms with Crippen LogP contribution in [0, 0.1) is 0 Å². The van der Waals surface area contributed by atoms with Gasteiger partial charge in [0, 0.05) is 12.4 Å². The molecule has 0 bridgehead atoms. The van der Waals surface area contributed by atoms with Crippen molar-refractivity contribution in [2.45, 2.75) is 13.8 Å². The Morgan fingerprint density at radius 1 is 1.55 bits per heavy atom. The number of primary amides is 1. The number of hydrogen-bond acceptors (Lipinski definition) is 6. The van der Waals surface area contributed by atoms with Crippen LogP contribution < -0.4 is 5.73 Å². The molecule has 1 rings (SSSR count). The van der Waals surface area contributed by atoms with Gasteiger partial charge in [-0.1, -0.05) is 0 Å². The molecule has 0 saturated carbocycles. The summed E-state index contributed by atoms with van der Waals surface area (Å²) in [5, 5.41) is 9.30. The predicted molar refractivity (Wildman–Crippen MR) is 72.9 cm³/mol. The lowest BCUT2D eigenvalue weighted by Gasteiger charge is -2.04. The van der Waals surface area contributed by atoms with Crippen molar-refractivity contribution >= 4 is 23.9 Å². The fourth-order valence-electron chi connectivity index (χ4n) is 1.33. The lowest BCUT2D eigenvalue weighted by molar-refractivity contribution is -0.114. The van der Waals surface area contributed by atoms with E-state index in [9.17, 15) is 14.7 Å². The average Bonchev–Trinajstić information content (AvgIpc) is 2.38. The maximum atomic E-state index is 11.7. The summed E-state index contributed by atoms with van der Waals surface area (Å²) in [7, 11) is 0. The molecule has 0 spiro atoms. The summed E-state index contributed by atoms with van der Waals surface area (Å²) in [6.07, 6.45) is 2.50. The highest BCUT2D eigenvalue weighted by Gasteiger charge is 2.13. The van der Waals surface area contributed by atoms with Crippen LogP contribution in [-0.2, 0) is 9.53 Å². The molecule has 0 radical (unpaired) electrons. The molecule has 0 aliphatic heterocycles. The van der Waals surface area contributed by atoms with Gasteiger partial charge in [0.05, 0.1) is 12.2 Å². The molecule has 0 saturated heterocycles. The zero-order valence-corrected chi connectivity index (χ0v) is 11.2. The summed E-state index contributed by atoms with van der Waals surface area (Å²) >= 11 is 0. The molecule has 20 heavy (non-hydrogen) atoms. The number of carbonyl (C=O) groups excluding carboxylic acids is 2. The molecule has 106 valence electrons. The maximum Gasteiger partial charge on any atom is 0.341 e. The number of nitrogens with zero attached hydrogens (tertiary/aromatic N) is 2. The number of aromatic nitrogens is 1. The number of pyridine rings is 1. The number of aliphatic imine (C=N–C) groups is 1. The van der Waals surface area contributed by atoms with Crippen LogP contribution in [0.3, 0.4) is 0 Å². The molecule has 0 fully saturated rings.